The molecular formula is C19H19ClN4O2. The number of pyridine rings is 1. The second-order valence-electron chi connectivity index (χ2n) is 6.52. The maximum Gasteiger partial charge on any atom is 0.355 e. The normalized spacial score (nSPS) is 19.3. The smallest absolute Gasteiger partial charge is 0.355 e. The quantitative estimate of drug-likeness (QED) is 0.762. The summed E-state index contributed by atoms with van der Waals surface area (Å²) in [7, 11) is 1.71. The Morgan fingerprint density at radius 3 is 2.69 bits per heavy atom. The molecule has 1 aliphatic carbocycles. The summed E-state index contributed by atoms with van der Waals surface area (Å²) in [5.74, 6) is 0.556. The van der Waals surface area contributed by atoms with E-state index in [9.17, 15) is 4.79 Å². The first kappa shape index (κ1) is 17.0. The maximum absolute atomic E-state index is 12.8. The SMILES string of the molecule is COC1CC(Nc2nc(=O)n(-c3ccccc3Cl)c3nc(C)ccc23)C1. The number of para-hydroxylation sites is 1. The molecule has 1 aliphatic rings. The zero-order chi connectivity index (χ0) is 18.3. The lowest BCUT2D eigenvalue weighted by Gasteiger charge is -2.35. The standard InChI is InChI=1S/C19H19ClN4O2/c1-11-7-8-14-17(22-12-9-13(10-12)26-2)23-19(25)24(18(14)21-11)16-6-4-3-5-15(16)20/h3-8,12-13H,9-10H2,1-2H3,(H,22,23,25). The number of aryl methyl sites for hydroxylation is 1. The Kier molecular flexibility index (Phi) is 4.38. The van der Waals surface area contributed by atoms with Crippen molar-refractivity contribution in [3.05, 3.63) is 57.6 Å². The van der Waals surface area contributed by atoms with Crippen LogP contribution in [0.4, 0.5) is 5.82 Å². The monoisotopic (exact) mass is 370 g/mol. The molecule has 0 aliphatic heterocycles. The largest absolute Gasteiger partial charge is 0.381 e. The third kappa shape index (κ3) is 2.95. The summed E-state index contributed by atoms with van der Waals surface area (Å²) in [6.45, 7) is 1.89. The van der Waals surface area contributed by atoms with Crippen LogP contribution >= 0.6 is 11.6 Å². The molecule has 1 aromatic carbocycles. The highest BCUT2D eigenvalue weighted by Gasteiger charge is 2.30. The van der Waals surface area contributed by atoms with Crippen LogP contribution in [0.1, 0.15) is 18.5 Å². The molecule has 0 atom stereocenters. The molecule has 0 bridgehead atoms. The molecule has 2 aromatic heterocycles. The van der Waals surface area contributed by atoms with Gasteiger partial charge in [0.05, 0.1) is 22.2 Å². The van der Waals surface area contributed by atoms with Gasteiger partial charge in [-0.1, -0.05) is 23.7 Å². The highest BCUT2D eigenvalue weighted by atomic mass is 35.5. The van der Waals surface area contributed by atoms with Gasteiger partial charge in [0, 0.05) is 18.8 Å². The van der Waals surface area contributed by atoms with Crippen molar-refractivity contribution in [1.82, 2.24) is 14.5 Å². The number of methoxy groups -OCH3 is 1. The van der Waals surface area contributed by atoms with Crippen molar-refractivity contribution < 1.29 is 4.74 Å². The van der Waals surface area contributed by atoms with E-state index in [4.69, 9.17) is 16.3 Å². The van der Waals surface area contributed by atoms with E-state index in [1.807, 2.05) is 31.2 Å². The van der Waals surface area contributed by atoms with Gasteiger partial charge in [-0.15, -0.1) is 0 Å². The number of halogens is 1. The lowest BCUT2D eigenvalue weighted by Crippen LogP contribution is -2.41. The Morgan fingerprint density at radius 2 is 1.96 bits per heavy atom. The number of hydrogen-bond acceptors (Lipinski definition) is 5. The van der Waals surface area contributed by atoms with Crippen LogP contribution in [0.15, 0.2) is 41.2 Å². The third-order valence-electron chi connectivity index (χ3n) is 4.74. The Hall–Kier alpha value is -2.44. The maximum atomic E-state index is 12.8. The number of nitrogens with one attached hydrogen (secondary N) is 1. The summed E-state index contributed by atoms with van der Waals surface area (Å²) in [6.07, 6.45) is 2.06. The summed E-state index contributed by atoms with van der Waals surface area (Å²) in [4.78, 5) is 21.7. The lowest BCUT2D eigenvalue weighted by molar-refractivity contribution is 0.0328. The van der Waals surface area contributed by atoms with Gasteiger partial charge in [0.25, 0.3) is 0 Å². The van der Waals surface area contributed by atoms with Crippen LogP contribution in [0.2, 0.25) is 5.02 Å². The molecule has 0 amide bonds. The van der Waals surface area contributed by atoms with Crippen LogP contribution in [-0.4, -0.2) is 33.8 Å². The number of benzene rings is 1. The zero-order valence-electron chi connectivity index (χ0n) is 14.6. The minimum absolute atomic E-state index is 0.243. The fourth-order valence-corrected chi connectivity index (χ4v) is 3.44. The molecule has 26 heavy (non-hydrogen) atoms. The number of aromatic nitrogens is 3. The Morgan fingerprint density at radius 1 is 1.19 bits per heavy atom. The summed E-state index contributed by atoms with van der Waals surface area (Å²) in [6, 6.07) is 11.3. The first-order valence-corrected chi connectivity index (χ1v) is 8.89. The fraction of sp³-hybridized carbons (Fsp3) is 0.316. The van der Waals surface area contributed by atoms with Gasteiger partial charge in [-0.25, -0.2) is 14.3 Å². The molecule has 6 nitrogen and oxygen atoms in total. The predicted octanol–water partition coefficient (Wildman–Crippen LogP) is 3.33. The molecule has 3 aromatic rings. The van der Waals surface area contributed by atoms with E-state index in [-0.39, 0.29) is 12.1 Å². The number of nitrogens with zero attached hydrogens (tertiary/aromatic N) is 3. The van der Waals surface area contributed by atoms with Crippen molar-refractivity contribution >= 4 is 28.5 Å². The van der Waals surface area contributed by atoms with Gasteiger partial charge in [-0.3, -0.25) is 0 Å². The average Bonchev–Trinajstić information content (AvgIpc) is 2.58. The van der Waals surface area contributed by atoms with E-state index in [1.165, 1.54) is 4.57 Å². The van der Waals surface area contributed by atoms with Gasteiger partial charge in [-0.2, -0.15) is 4.98 Å². The highest BCUT2D eigenvalue weighted by molar-refractivity contribution is 6.32. The topological polar surface area (TPSA) is 69.0 Å². The van der Waals surface area contributed by atoms with Gasteiger partial charge in [0.15, 0.2) is 5.65 Å². The number of fused-ring (bicyclic) bond motifs is 1. The van der Waals surface area contributed by atoms with E-state index in [0.29, 0.717) is 22.2 Å². The minimum Gasteiger partial charge on any atom is -0.381 e. The molecule has 2 heterocycles. The molecule has 1 saturated carbocycles. The van der Waals surface area contributed by atoms with E-state index >= 15 is 0 Å². The summed E-state index contributed by atoms with van der Waals surface area (Å²) >= 11 is 6.31. The van der Waals surface area contributed by atoms with Crippen LogP contribution in [-0.2, 0) is 4.74 Å². The molecule has 0 saturated heterocycles. The van der Waals surface area contributed by atoms with Crippen molar-refractivity contribution in [3.63, 3.8) is 0 Å². The van der Waals surface area contributed by atoms with Crippen molar-refractivity contribution in [3.8, 4) is 5.69 Å². The van der Waals surface area contributed by atoms with Crippen molar-refractivity contribution in [2.75, 3.05) is 12.4 Å². The van der Waals surface area contributed by atoms with Gasteiger partial charge in [-0.05, 0) is 44.0 Å². The van der Waals surface area contributed by atoms with E-state index in [1.54, 1.807) is 19.2 Å². The Bertz CT molecular complexity index is 1030. The van der Waals surface area contributed by atoms with Crippen LogP contribution in [0.5, 0.6) is 0 Å². The van der Waals surface area contributed by atoms with Gasteiger partial charge in [0.1, 0.15) is 5.82 Å². The summed E-state index contributed by atoms with van der Waals surface area (Å²) in [5.41, 5.74) is 1.53. The van der Waals surface area contributed by atoms with E-state index < -0.39 is 5.69 Å². The minimum atomic E-state index is -0.409. The summed E-state index contributed by atoms with van der Waals surface area (Å²) in [5, 5.41) is 4.63. The van der Waals surface area contributed by atoms with E-state index in [0.717, 1.165) is 23.9 Å². The second-order valence-corrected chi connectivity index (χ2v) is 6.93. The van der Waals surface area contributed by atoms with Crippen LogP contribution in [0, 0.1) is 6.92 Å². The first-order valence-electron chi connectivity index (χ1n) is 8.51. The number of anilines is 1. The molecule has 0 spiro atoms. The molecule has 7 heteroatoms. The predicted molar refractivity (Wildman–Crippen MR) is 102 cm³/mol. The van der Waals surface area contributed by atoms with Crippen LogP contribution in [0.25, 0.3) is 16.7 Å². The molecule has 1 N–H and O–H groups in total. The Balaban J connectivity index is 1.86. The van der Waals surface area contributed by atoms with Crippen LogP contribution < -0.4 is 11.0 Å². The molecule has 134 valence electrons. The van der Waals surface area contributed by atoms with Gasteiger partial charge in [0.2, 0.25) is 0 Å². The van der Waals surface area contributed by atoms with Crippen LogP contribution in [0.3, 0.4) is 0 Å². The molecule has 0 radical (unpaired) electrons. The zero-order valence-corrected chi connectivity index (χ0v) is 15.3. The average molecular weight is 371 g/mol. The molecule has 0 unspecified atom stereocenters. The first-order chi connectivity index (χ1) is 12.6. The lowest BCUT2D eigenvalue weighted by atomic mass is 9.89. The third-order valence-corrected chi connectivity index (χ3v) is 5.06. The van der Waals surface area contributed by atoms with Gasteiger partial charge < -0.3 is 10.1 Å². The second kappa shape index (κ2) is 6.70. The number of ether oxygens (including phenoxy) is 1. The highest BCUT2D eigenvalue weighted by Crippen LogP contribution is 2.29. The van der Waals surface area contributed by atoms with Crippen molar-refractivity contribution in [2.24, 2.45) is 0 Å². The van der Waals surface area contributed by atoms with Gasteiger partial charge >= 0.3 is 5.69 Å². The molecule has 4 rings (SSSR count). The number of rotatable bonds is 4. The summed E-state index contributed by atoms with van der Waals surface area (Å²) < 4.78 is 6.78. The van der Waals surface area contributed by atoms with Crippen molar-refractivity contribution in [1.29, 1.82) is 0 Å². The number of hydrogen-bond donors (Lipinski definition) is 1. The fourth-order valence-electron chi connectivity index (χ4n) is 3.22. The van der Waals surface area contributed by atoms with E-state index in [2.05, 4.69) is 15.3 Å². The Labute approximate surface area is 155 Å². The molecule has 1 fully saturated rings. The molecular weight excluding hydrogens is 352 g/mol. The van der Waals surface area contributed by atoms with Crippen molar-refractivity contribution in [2.45, 2.75) is 31.9 Å².